The molecule has 0 spiro atoms. The van der Waals surface area contributed by atoms with Crippen LogP contribution >= 0.6 is 15.9 Å². The number of ketones is 1. The third kappa shape index (κ3) is 4.51. The highest BCUT2D eigenvalue weighted by atomic mass is 79.9. The van der Waals surface area contributed by atoms with E-state index in [0.29, 0.717) is 51.0 Å². The van der Waals surface area contributed by atoms with Gasteiger partial charge in [-0.15, -0.1) is 0 Å². The van der Waals surface area contributed by atoms with Crippen molar-refractivity contribution in [1.29, 1.82) is 0 Å². The summed E-state index contributed by atoms with van der Waals surface area (Å²) in [7, 11) is 1.54. The van der Waals surface area contributed by atoms with Gasteiger partial charge in [0.25, 0.3) is 0 Å². The number of hydrogen-bond donors (Lipinski definition) is 0. The van der Waals surface area contributed by atoms with Crippen LogP contribution in [0.15, 0.2) is 89.4 Å². The third-order valence-electron chi connectivity index (χ3n) is 9.82. The molecule has 0 N–H and O–H groups in total. The van der Waals surface area contributed by atoms with E-state index >= 15 is 0 Å². The number of methoxy groups -OCH3 is 1. The molecule has 1 saturated heterocycles. The van der Waals surface area contributed by atoms with Gasteiger partial charge in [0.1, 0.15) is 5.75 Å². The van der Waals surface area contributed by atoms with Crippen molar-refractivity contribution in [2.24, 2.45) is 35.5 Å². The van der Waals surface area contributed by atoms with Crippen LogP contribution in [-0.4, -0.2) is 42.3 Å². The van der Waals surface area contributed by atoms with E-state index in [1.54, 1.807) is 73.8 Å². The summed E-state index contributed by atoms with van der Waals surface area (Å²) in [6.45, 7) is -0.425. The van der Waals surface area contributed by atoms with Crippen molar-refractivity contribution < 1.29 is 28.7 Å². The van der Waals surface area contributed by atoms with Crippen molar-refractivity contribution in [2.45, 2.75) is 6.42 Å². The maximum atomic E-state index is 13.6. The molecular weight excluding hydrogens is 636 g/mol. The lowest BCUT2D eigenvalue weighted by atomic mass is 9.63. The van der Waals surface area contributed by atoms with Crippen LogP contribution in [0.1, 0.15) is 27.1 Å². The van der Waals surface area contributed by atoms with E-state index < -0.39 is 12.6 Å². The fourth-order valence-corrected chi connectivity index (χ4v) is 7.94. The molecule has 3 fully saturated rings. The number of fused-ring (bicyclic) bond motifs is 1. The number of carbonyl (C=O) groups is 4. The van der Waals surface area contributed by atoms with Gasteiger partial charge in [-0.3, -0.25) is 19.3 Å². The van der Waals surface area contributed by atoms with Gasteiger partial charge in [0.05, 0.1) is 41.4 Å². The van der Waals surface area contributed by atoms with E-state index in [2.05, 4.69) is 28.1 Å². The van der Waals surface area contributed by atoms with Crippen molar-refractivity contribution in [2.75, 3.05) is 18.6 Å². The van der Waals surface area contributed by atoms with Crippen LogP contribution in [0.3, 0.4) is 0 Å². The lowest BCUT2D eigenvalue weighted by molar-refractivity contribution is -0.124. The van der Waals surface area contributed by atoms with Crippen LogP contribution in [0.25, 0.3) is 22.2 Å². The number of nitrogens with zero attached hydrogens (tertiary/aromatic N) is 2. The van der Waals surface area contributed by atoms with Crippen molar-refractivity contribution in [1.82, 2.24) is 4.98 Å². The molecule has 2 saturated carbocycles. The summed E-state index contributed by atoms with van der Waals surface area (Å²) in [5.74, 6) is 0.306. The quantitative estimate of drug-likeness (QED) is 0.0995. The molecule has 1 aromatic heterocycles. The van der Waals surface area contributed by atoms with Gasteiger partial charge in [0.15, 0.2) is 12.4 Å². The Morgan fingerprint density at radius 1 is 0.889 bits per heavy atom. The Morgan fingerprint density at radius 3 is 2.20 bits per heavy atom. The average Bonchev–Trinajstić information content (AvgIpc) is 3.85. The number of pyridine rings is 1. The van der Waals surface area contributed by atoms with Gasteiger partial charge >= 0.3 is 5.97 Å². The smallest absolute Gasteiger partial charge is 0.339 e. The summed E-state index contributed by atoms with van der Waals surface area (Å²) in [6.07, 6.45) is 5.45. The molecule has 224 valence electrons. The normalized spacial score (nSPS) is 25.7. The SMILES string of the molecule is COc1ccc(C(=O)COC(=O)c2cc(-c3ccc(N4C(=O)C5C6C=CC(C7CC67)C5C4=O)cc3)nc3ccc(Br)cc23)cc1. The molecule has 4 aromatic rings. The average molecular weight is 664 g/mol. The summed E-state index contributed by atoms with van der Waals surface area (Å²) in [5.41, 5.74) is 2.99. The second kappa shape index (κ2) is 10.5. The zero-order valence-electron chi connectivity index (χ0n) is 24.2. The van der Waals surface area contributed by atoms with E-state index in [0.717, 1.165) is 10.9 Å². The molecule has 6 unspecified atom stereocenters. The lowest BCUT2D eigenvalue weighted by Crippen LogP contribution is -2.40. The largest absolute Gasteiger partial charge is 0.497 e. The number of aromatic nitrogens is 1. The number of benzene rings is 3. The number of amides is 2. The van der Waals surface area contributed by atoms with Crippen LogP contribution in [0.4, 0.5) is 5.69 Å². The highest BCUT2D eigenvalue weighted by Crippen LogP contribution is 2.65. The number of anilines is 1. The van der Waals surface area contributed by atoms with E-state index in [9.17, 15) is 19.2 Å². The maximum absolute atomic E-state index is 13.6. The summed E-state index contributed by atoms with van der Waals surface area (Å²) >= 11 is 3.47. The second-order valence-corrected chi connectivity index (χ2v) is 13.1. The standard InChI is InChI=1S/C36H27BrN2O6/c1-44-22-9-4-19(5-10-22)31(40)17-45-36(43)28-16-30(38-29-13-6-20(37)14-27(28)29)18-2-7-21(8-3-18)39-34(41)32-23-11-12-24(26-15-25(23)26)33(32)35(39)42/h2-14,16,23-26,32-33H,15,17H2,1H3. The number of carbonyl (C=O) groups excluding carboxylic acids is 4. The Labute approximate surface area is 267 Å². The fourth-order valence-electron chi connectivity index (χ4n) is 7.58. The Morgan fingerprint density at radius 2 is 1.56 bits per heavy atom. The van der Waals surface area contributed by atoms with Crippen LogP contribution in [0, 0.1) is 35.5 Å². The van der Waals surface area contributed by atoms with E-state index in [-0.39, 0.29) is 46.8 Å². The predicted octanol–water partition coefficient (Wildman–Crippen LogP) is 6.27. The zero-order chi connectivity index (χ0) is 31.0. The molecule has 1 aliphatic heterocycles. The van der Waals surface area contributed by atoms with Crippen molar-refractivity contribution in [3.63, 3.8) is 0 Å². The van der Waals surface area contributed by atoms with E-state index in [4.69, 9.17) is 14.5 Å². The Hall–Kier alpha value is -4.63. The van der Waals surface area contributed by atoms with Crippen molar-refractivity contribution in [3.8, 4) is 17.0 Å². The van der Waals surface area contributed by atoms with Crippen LogP contribution < -0.4 is 9.64 Å². The molecule has 6 atom stereocenters. The Kier molecular flexibility index (Phi) is 6.49. The number of halogens is 1. The topological polar surface area (TPSA) is 103 Å². The predicted molar refractivity (Wildman–Crippen MR) is 170 cm³/mol. The van der Waals surface area contributed by atoms with Crippen molar-refractivity contribution >= 4 is 56.1 Å². The fraction of sp³-hybridized carbons (Fsp3) is 0.250. The first-order valence-electron chi connectivity index (χ1n) is 14.9. The van der Waals surface area contributed by atoms with Gasteiger partial charge in [-0.05, 0) is 90.8 Å². The molecular formula is C36H27BrN2O6. The van der Waals surface area contributed by atoms with E-state index in [1.807, 2.05) is 6.07 Å². The summed E-state index contributed by atoms with van der Waals surface area (Å²) in [6, 6.07) is 20.8. The van der Waals surface area contributed by atoms with Crippen molar-refractivity contribution in [3.05, 3.63) is 101 Å². The van der Waals surface area contributed by atoms with E-state index in [1.165, 1.54) is 4.90 Å². The highest BCUT2D eigenvalue weighted by Gasteiger charge is 2.67. The molecule has 5 aliphatic rings. The zero-order valence-corrected chi connectivity index (χ0v) is 25.8. The number of rotatable bonds is 7. The van der Waals surface area contributed by atoms with Gasteiger partial charge in [-0.2, -0.15) is 0 Å². The summed E-state index contributed by atoms with van der Waals surface area (Å²) in [5, 5.41) is 0.573. The molecule has 2 bridgehead atoms. The maximum Gasteiger partial charge on any atom is 0.339 e. The lowest BCUT2D eigenvalue weighted by Gasteiger charge is -2.37. The van der Waals surface area contributed by atoms with Gasteiger partial charge in [0, 0.05) is 21.0 Å². The van der Waals surface area contributed by atoms with Gasteiger partial charge < -0.3 is 9.47 Å². The minimum absolute atomic E-state index is 0.105. The molecule has 4 aliphatic carbocycles. The molecule has 3 aromatic carbocycles. The number of esters is 1. The first-order chi connectivity index (χ1) is 21.8. The number of allylic oxidation sites excluding steroid dienone is 2. The first kappa shape index (κ1) is 27.9. The number of Topliss-reactive ketones (excluding diaryl/α,β-unsaturated/α-hetero) is 1. The first-order valence-corrected chi connectivity index (χ1v) is 15.7. The number of imide groups is 1. The van der Waals surface area contributed by atoms with Gasteiger partial charge in [0.2, 0.25) is 11.8 Å². The minimum atomic E-state index is -0.655. The molecule has 9 heteroatoms. The number of hydrogen-bond acceptors (Lipinski definition) is 7. The van der Waals surface area contributed by atoms with Crippen LogP contribution in [0.2, 0.25) is 0 Å². The molecule has 2 amide bonds. The van der Waals surface area contributed by atoms with Gasteiger partial charge in [-0.1, -0.05) is 40.2 Å². The monoisotopic (exact) mass is 662 g/mol. The van der Waals surface area contributed by atoms with Gasteiger partial charge in [-0.25, -0.2) is 9.78 Å². The van der Waals surface area contributed by atoms with Crippen LogP contribution in [0.5, 0.6) is 5.75 Å². The molecule has 0 radical (unpaired) electrons. The summed E-state index contributed by atoms with van der Waals surface area (Å²) in [4.78, 5) is 59.4. The molecule has 8 nitrogen and oxygen atoms in total. The second-order valence-electron chi connectivity index (χ2n) is 12.2. The number of ether oxygens (including phenoxy) is 2. The molecule has 2 heterocycles. The molecule has 9 rings (SSSR count). The van der Waals surface area contributed by atoms with Crippen LogP contribution in [-0.2, 0) is 14.3 Å². The highest BCUT2D eigenvalue weighted by molar-refractivity contribution is 9.10. The molecule has 45 heavy (non-hydrogen) atoms. The summed E-state index contributed by atoms with van der Waals surface area (Å²) < 4.78 is 11.4. The Bertz CT molecular complexity index is 1920. The minimum Gasteiger partial charge on any atom is -0.497 e. The third-order valence-corrected chi connectivity index (χ3v) is 10.3. The Balaban J connectivity index is 1.06.